The fraction of sp³-hybridized carbons (Fsp3) is 0.600. The predicted octanol–water partition coefficient (Wildman–Crippen LogP) is 2.98. The van der Waals surface area contributed by atoms with E-state index in [9.17, 15) is 0 Å². The van der Waals surface area contributed by atoms with Gasteiger partial charge < -0.3 is 5.32 Å². The molecule has 3 rings (SSSR count). The molecule has 0 spiro atoms. The fourth-order valence-electron chi connectivity index (χ4n) is 2.92. The van der Waals surface area contributed by atoms with Crippen molar-refractivity contribution in [3.05, 3.63) is 29.3 Å². The number of rotatable bonds is 2. The zero-order valence-electron chi connectivity index (χ0n) is 11.1. The number of benzene rings is 1. The van der Waals surface area contributed by atoms with Gasteiger partial charge in [-0.1, -0.05) is 19.1 Å². The second-order valence-corrected chi connectivity index (χ2v) is 6.98. The number of nitrogens with one attached hydrogen (secondary N) is 1. The Morgan fingerprint density at radius 1 is 1.44 bits per heavy atom. The molecular weight excluding hydrogens is 240 g/mol. The Morgan fingerprint density at radius 2 is 2.39 bits per heavy atom. The summed E-state index contributed by atoms with van der Waals surface area (Å²) >= 11 is 2.10. The maximum Gasteiger partial charge on any atom is 0.0372 e. The summed E-state index contributed by atoms with van der Waals surface area (Å²) in [6.07, 6.45) is 2.51. The van der Waals surface area contributed by atoms with Crippen molar-refractivity contribution in [2.45, 2.75) is 31.6 Å². The molecule has 1 unspecified atom stereocenters. The highest BCUT2D eigenvalue weighted by molar-refractivity contribution is 7.99. The number of aryl methyl sites for hydroxylation is 1. The van der Waals surface area contributed by atoms with E-state index in [1.54, 1.807) is 0 Å². The van der Waals surface area contributed by atoms with E-state index in [1.807, 2.05) is 0 Å². The molecule has 0 aliphatic carbocycles. The van der Waals surface area contributed by atoms with Crippen LogP contribution in [0.3, 0.4) is 0 Å². The van der Waals surface area contributed by atoms with E-state index >= 15 is 0 Å². The third kappa shape index (κ3) is 2.83. The first-order valence-corrected chi connectivity index (χ1v) is 8.06. The largest absolute Gasteiger partial charge is 0.385 e. The number of thioether (sulfide) groups is 1. The van der Waals surface area contributed by atoms with Gasteiger partial charge in [0, 0.05) is 42.9 Å². The van der Waals surface area contributed by atoms with Crippen LogP contribution in [0.25, 0.3) is 0 Å². The Hall–Kier alpha value is -0.670. The van der Waals surface area contributed by atoms with Gasteiger partial charge in [-0.3, -0.25) is 4.90 Å². The summed E-state index contributed by atoms with van der Waals surface area (Å²) in [7, 11) is 0. The van der Waals surface area contributed by atoms with Crippen LogP contribution in [-0.2, 0) is 13.0 Å². The van der Waals surface area contributed by atoms with Gasteiger partial charge in [-0.2, -0.15) is 11.8 Å². The molecule has 1 atom stereocenters. The van der Waals surface area contributed by atoms with Gasteiger partial charge in [-0.05, 0) is 30.0 Å². The molecule has 18 heavy (non-hydrogen) atoms. The molecule has 2 nitrogen and oxygen atoms in total. The van der Waals surface area contributed by atoms with Gasteiger partial charge in [0.15, 0.2) is 0 Å². The topological polar surface area (TPSA) is 15.3 Å². The monoisotopic (exact) mass is 262 g/mol. The minimum atomic E-state index is 0.790. The highest BCUT2D eigenvalue weighted by Crippen LogP contribution is 2.25. The maximum atomic E-state index is 3.48. The smallest absolute Gasteiger partial charge is 0.0372 e. The first kappa shape index (κ1) is 12.4. The Balaban J connectivity index is 1.69. The van der Waals surface area contributed by atoms with Crippen LogP contribution >= 0.6 is 11.8 Å². The van der Waals surface area contributed by atoms with E-state index < -0.39 is 0 Å². The molecule has 1 fully saturated rings. The van der Waals surface area contributed by atoms with Crippen LogP contribution in [-0.4, -0.2) is 35.5 Å². The maximum absolute atomic E-state index is 3.48. The molecule has 1 saturated heterocycles. The summed E-state index contributed by atoms with van der Waals surface area (Å²) in [5, 5.41) is 4.27. The van der Waals surface area contributed by atoms with E-state index in [1.165, 1.54) is 48.5 Å². The highest BCUT2D eigenvalue weighted by atomic mass is 32.2. The number of anilines is 1. The van der Waals surface area contributed by atoms with E-state index in [0.717, 1.165) is 18.3 Å². The van der Waals surface area contributed by atoms with Gasteiger partial charge in [-0.15, -0.1) is 0 Å². The SMILES string of the molecule is CC1CN(Cc2ccc3c(c2)CCCN3)CCS1. The lowest BCUT2D eigenvalue weighted by Crippen LogP contribution is -2.36. The molecule has 0 saturated carbocycles. The Morgan fingerprint density at radius 3 is 3.28 bits per heavy atom. The molecule has 0 aromatic heterocycles. The second-order valence-electron chi connectivity index (χ2n) is 5.44. The van der Waals surface area contributed by atoms with Crippen molar-refractivity contribution in [1.29, 1.82) is 0 Å². The quantitative estimate of drug-likeness (QED) is 0.882. The standard InChI is InChI=1S/C15H22N2S/c1-12-10-17(7-8-18-12)11-13-4-5-15-14(9-13)3-2-6-16-15/h4-5,9,12,16H,2-3,6-8,10-11H2,1H3. The lowest BCUT2D eigenvalue weighted by molar-refractivity contribution is 0.278. The Labute approximate surface area is 114 Å². The zero-order chi connectivity index (χ0) is 12.4. The molecule has 3 heteroatoms. The van der Waals surface area contributed by atoms with Crippen molar-refractivity contribution in [2.24, 2.45) is 0 Å². The van der Waals surface area contributed by atoms with Crippen LogP contribution in [0.4, 0.5) is 5.69 Å². The zero-order valence-corrected chi connectivity index (χ0v) is 11.9. The number of fused-ring (bicyclic) bond motifs is 1. The normalized spacial score (nSPS) is 24.4. The molecule has 1 aromatic carbocycles. The van der Waals surface area contributed by atoms with Crippen LogP contribution < -0.4 is 5.32 Å². The third-order valence-corrected chi connectivity index (χ3v) is 4.98. The fourth-order valence-corrected chi connectivity index (χ4v) is 4.00. The van der Waals surface area contributed by atoms with Crippen LogP contribution in [0.15, 0.2) is 18.2 Å². The first-order chi connectivity index (χ1) is 8.81. The summed E-state index contributed by atoms with van der Waals surface area (Å²) in [6.45, 7) is 7.07. The van der Waals surface area contributed by atoms with Gasteiger partial charge in [0.05, 0.1) is 0 Å². The van der Waals surface area contributed by atoms with Crippen LogP contribution in [0, 0.1) is 0 Å². The van der Waals surface area contributed by atoms with Crippen LogP contribution in [0.2, 0.25) is 0 Å². The van der Waals surface area contributed by atoms with Gasteiger partial charge in [0.2, 0.25) is 0 Å². The molecule has 1 N–H and O–H groups in total. The molecule has 2 aliphatic rings. The van der Waals surface area contributed by atoms with E-state index in [-0.39, 0.29) is 0 Å². The van der Waals surface area contributed by atoms with E-state index in [2.05, 4.69) is 47.1 Å². The molecule has 0 amide bonds. The first-order valence-electron chi connectivity index (χ1n) is 7.01. The van der Waals surface area contributed by atoms with E-state index in [0.29, 0.717) is 0 Å². The summed E-state index contributed by atoms with van der Waals surface area (Å²) in [4.78, 5) is 2.60. The highest BCUT2D eigenvalue weighted by Gasteiger charge is 2.17. The van der Waals surface area contributed by atoms with Crippen molar-refractivity contribution in [2.75, 3.05) is 30.7 Å². The summed E-state index contributed by atoms with van der Waals surface area (Å²) in [6, 6.07) is 6.98. The van der Waals surface area contributed by atoms with Gasteiger partial charge >= 0.3 is 0 Å². The van der Waals surface area contributed by atoms with Crippen molar-refractivity contribution in [3.8, 4) is 0 Å². The van der Waals surface area contributed by atoms with Crippen molar-refractivity contribution in [1.82, 2.24) is 4.90 Å². The van der Waals surface area contributed by atoms with Crippen molar-refractivity contribution in [3.63, 3.8) is 0 Å². The molecule has 0 radical (unpaired) electrons. The lowest BCUT2D eigenvalue weighted by Gasteiger charge is -2.30. The minimum absolute atomic E-state index is 0.790. The molecule has 1 aromatic rings. The lowest BCUT2D eigenvalue weighted by atomic mass is 10.0. The third-order valence-electron chi connectivity index (χ3n) is 3.84. The second kappa shape index (κ2) is 5.54. The van der Waals surface area contributed by atoms with Gasteiger partial charge in [-0.25, -0.2) is 0 Å². The number of nitrogens with zero attached hydrogens (tertiary/aromatic N) is 1. The molecular formula is C15H22N2S. The van der Waals surface area contributed by atoms with Gasteiger partial charge in [0.1, 0.15) is 0 Å². The average Bonchev–Trinajstić information content (AvgIpc) is 2.39. The van der Waals surface area contributed by atoms with Crippen LogP contribution in [0.5, 0.6) is 0 Å². The number of hydrogen-bond acceptors (Lipinski definition) is 3. The minimum Gasteiger partial charge on any atom is -0.385 e. The Bertz CT molecular complexity index is 419. The average molecular weight is 262 g/mol. The van der Waals surface area contributed by atoms with Gasteiger partial charge in [0.25, 0.3) is 0 Å². The Kier molecular flexibility index (Phi) is 3.80. The van der Waals surface area contributed by atoms with Crippen LogP contribution in [0.1, 0.15) is 24.5 Å². The predicted molar refractivity (Wildman–Crippen MR) is 80.4 cm³/mol. The van der Waals surface area contributed by atoms with Crippen molar-refractivity contribution < 1.29 is 0 Å². The number of hydrogen-bond donors (Lipinski definition) is 1. The molecule has 98 valence electrons. The molecule has 0 bridgehead atoms. The molecule has 2 heterocycles. The van der Waals surface area contributed by atoms with Crippen molar-refractivity contribution >= 4 is 17.4 Å². The summed E-state index contributed by atoms with van der Waals surface area (Å²) in [5.41, 5.74) is 4.35. The summed E-state index contributed by atoms with van der Waals surface area (Å²) in [5.74, 6) is 1.29. The van der Waals surface area contributed by atoms with E-state index in [4.69, 9.17) is 0 Å². The molecule has 2 aliphatic heterocycles. The summed E-state index contributed by atoms with van der Waals surface area (Å²) < 4.78 is 0.